The minimum absolute atomic E-state index is 0.0375. The molecule has 5 amide bonds. The highest BCUT2D eigenvalue weighted by Crippen LogP contribution is 2.32. The van der Waals surface area contributed by atoms with E-state index >= 15 is 0 Å². The Balaban J connectivity index is 1.87. The number of amides is 5. The van der Waals surface area contributed by atoms with Gasteiger partial charge in [0.2, 0.25) is 17.7 Å². The summed E-state index contributed by atoms with van der Waals surface area (Å²) in [5.74, 6) is -2.53. The molecule has 2 atom stereocenters. The summed E-state index contributed by atoms with van der Waals surface area (Å²) in [6.07, 6.45) is 0.146. The van der Waals surface area contributed by atoms with Crippen molar-refractivity contribution in [1.82, 2.24) is 15.5 Å². The first-order valence-corrected chi connectivity index (χ1v) is 9.12. The molecule has 2 heterocycles. The fraction of sp³-hybridized carbons (Fsp3) is 0.421. The van der Waals surface area contributed by atoms with Gasteiger partial charge in [0.05, 0.1) is 11.1 Å². The van der Waals surface area contributed by atoms with Crippen molar-refractivity contribution < 1.29 is 24.0 Å². The number of anilines is 1. The van der Waals surface area contributed by atoms with Crippen molar-refractivity contribution in [3.8, 4) is 0 Å². The lowest BCUT2D eigenvalue weighted by Crippen LogP contribution is -2.54. The Hall–Kier alpha value is -3.23. The zero-order valence-electron chi connectivity index (χ0n) is 15.9. The van der Waals surface area contributed by atoms with Crippen LogP contribution in [0.1, 0.15) is 54.3 Å². The first kappa shape index (κ1) is 19.5. The van der Waals surface area contributed by atoms with Crippen LogP contribution >= 0.6 is 0 Å². The zero-order chi connectivity index (χ0) is 20.6. The molecule has 2 aliphatic rings. The average molecular weight is 386 g/mol. The van der Waals surface area contributed by atoms with Crippen molar-refractivity contribution in [1.29, 1.82) is 0 Å². The summed E-state index contributed by atoms with van der Waals surface area (Å²) in [4.78, 5) is 62.3. The minimum atomic E-state index is -1.03. The maximum Gasteiger partial charge on any atom is 0.264 e. The molecule has 1 aromatic rings. The molecule has 9 nitrogen and oxygen atoms in total. The van der Waals surface area contributed by atoms with Crippen molar-refractivity contribution in [3.05, 3.63) is 29.3 Å². The zero-order valence-corrected chi connectivity index (χ0v) is 15.9. The number of rotatable bonds is 5. The first-order valence-electron chi connectivity index (χ1n) is 9.12. The van der Waals surface area contributed by atoms with Gasteiger partial charge in [-0.05, 0) is 39.3 Å². The molecule has 1 saturated heterocycles. The lowest BCUT2D eigenvalue weighted by Gasteiger charge is -2.27. The van der Waals surface area contributed by atoms with Crippen molar-refractivity contribution in [2.45, 2.75) is 51.7 Å². The van der Waals surface area contributed by atoms with Gasteiger partial charge in [-0.1, -0.05) is 6.07 Å². The lowest BCUT2D eigenvalue weighted by atomic mass is 10.0. The molecule has 2 unspecified atom stereocenters. The van der Waals surface area contributed by atoms with Crippen molar-refractivity contribution in [3.63, 3.8) is 0 Å². The molecular formula is C19H22N4O5. The Morgan fingerprint density at radius 2 is 1.86 bits per heavy atom. The quantitative estimate of drug-likeness (QED) is 0.630. The standard InChI is InChI=1S/C19H22N4O5/c1-9(2)20-16(25)10(3)21-12-6-4-5-11-15(12)19(28)23(18(11)27)13-7-8-14(24)22-17(13)26/h4-6,9-10,13,21H,7-8H2,1-3H3,(H,20,25)(H,22,24,26). The predicted octanol–water partition coefficient (Wildman–Crippen LogP) is 0.413. The summed E-state index contributed by atoms with van der Waals surface area (Å²) in [6, 6.07) is 3.02. The van der Waals surface area contributed by atoms with Crippen LogP contribution in [-0.4, -0.2) is 52.6 Å². The minimum Gasteiger partial charge on any atom is -0.373 e. The number of fused-ring (bicyclic) bond motifs is 1. The largest absolute Gasteiger partial charge is 0.373 e. The molecule has 3 N–H and O–H groups in total. The highest BCUT2D eigenvalue weighted by Gasteiger charge is 2.45. The number of nitrogens with zero attached hydrogens (tertiary/aromatic N) is 1. The Kier molecular flexibility index (Phi) is 5.17. The summed E-state index contributed by atoms with van der Waals surface area (Å²) in [5.41, 5.74) is 0.634. The maximum atomic E-state index is 13.0. The summed E-state index contributed by atoms with van der Waals surface area (Å²) in [5, 5.41) is 7.91. The molecule has 9 heteroatoms. The number of hydrogen-bond acceptors (Lipinski definition) is 6. The van der Waals surface area contributed by atoms with E-state index in [1.807, 2.05) is 13.8 Å². The van der Waals surface area contributed by atoms with Crippen LogP contribution in [0.4, 0.5) is 5.69 Å². The van der Waals surface area contributed by atoms with Gasteiger partial charge in [-0.2, -0.15) is 0 Å². The number of carbonyl (C=O) groups excluding carboxylic acids is 5. The van der Waals surface area contributed by atoms with E-state index in [1.54, 1.807) is 19.1 Å². The molecule has 0 saturated carbocycles. The molecule has 0 radical (unpaired) electrons. The number of hydrogen-bond donors (Lipinski definition) is 3. The molecule has 0 aliphatic carbocycles. The molecule has 0 aromatic heterocycles. The van der Waals surface area contributed by atoms with Gasteiger partial charge < -0.3 is 10.6 Å². The molecule has 2 aliphatic heterocycles. The van der Waals surface area contributed by atoms with E-state index < -0.39 is 35.7 Å². The Bertz CT molecular complexity index is 879. The van der Waals surface area contributed by atoms with Gasteiger partial charge in [-0.15, -0.1) is 0 Å². The highest BCUT2D eigenvalue weighted by atomic mass is 16.2. The van der Waals surface area contributed by atoms with E-state index in [0.29, 0.717) is 5.69 Å². The van der Waals surface area contributed by atoms with Crippen molar-refractivity contribution in [2.24, 2.45) is 0 Å². The molecule has 0 bridgehead atoms. The molecule has 28 heavy (non-hydrogen) atoms. The third-order valence-corrected chi connectivity index (χ3v) is 4.66. The Morgan fingerprint density at radius 3 is 2.50 bits per heavy atom. The summed E-state index contributed by atoms with van der Waals surface area (Å²) in [6.45, 7) is 5.33. The summed E-state index contributed by atoms with van der Waals surface area (Å²) >= 11 is 0. The SMILES string of the molecule is CC(C)NC(=O)C(C)Nc1cccc2c1C(=O)N(C1CCC(=O)NC1=O)C2=O. The second-order valence-electron chi connectivity index (χ2n) is 7.20. The number of benzene rings is 1. The fourth-order valence-corrected chi connectivity index (χ4v) is 3.34. The van der Waals surface area contributed by atoms with Gasteiger partial charge in [-0.25, -0.2) is 0 Å². The van der Waals surface area contributed by atoms with Crippen LogP contribution in [0, 0.1) is 0 Å². The first-order chi connectivity index (χ1) is 13.2. The predicted molar refractivity (Wildman–Crippen MR) is 99.5 cm³/mol. The van der Waals surface area contributed by atoms with Gasteiger partial charge in [0, 0.05) is 18.2 Å². The fourth-order valence-electron chi connectivity index (χ4n) is 3.34. The molecule has 0 spiro atoms. The maximum absolute atomic E-state index is 13.0. The number of piperidine rings is 1. The van der Waals surface area contributed by atoms with Crippen LogP contribution in [0.5, 0.6) is 0 Å². The van der Waals surface area contributed by atoms with Crippen LogP contribution < -0.4 is 16.0 Å². The van der Waals surface area contributed by atoms with Crippen LogP contribution in [0.25, 0.3) is 0 Å². The Labute approximate surface area is 161 Å². The number of carbonyl (C=O) groups is 5. The third-order valence-electron chi connectivity index (χ3n) is 4.66. The van der Waals surface area contributed by atoms with Gasteiger partial charge in [0.15, 0.2) is 0 Å². The monoisotopic (exact) mass is 386 g/mol. The van der Waals surface area contributed by atoms with Gasteiger partial charge in [0.1, 0.15) is 12.1 Å². The summed E-state index contributed by atoms with van der Waals surface area (Å²) < 4.78 is 0. The third kappa shape index (κ3) is 3.47. The van der Waals surface area contributed by atoms with E-state index in [0.717, 1.165) is 4.90 Å². The molecular weight excluding hydrogens is 364 g/mol. The van der Waals surface area contributed by atoms with Gasteiger partial charge in [0.25, 0.3) is 11.8 Å². The normalized spacial score (nSPS) is 20.1. The van der Waals surface area contributed by atoms with Crippen LogP contribution in [-0.2, 0) is 14.4 Å². The topological polar surface area (TPSA) is 125 Å². The molecule has 1 fully saturated rings. The van der Waals surface area contributed by atoms with Crippen LogP contribution in [0.15, 0.2) is 18.2 Å². The van der Waals surface area contributed by atoms with E-state index in [-0.39, 0.29) is 35.9 Å². The highest BCUT2D eigenvalue weighted by molar-refractivity contribution is 6.25. The smallest absolute Gasteiger partial charge is 0.264 e. The van der Waals surface area contributed by atoms with Gasteiger partial charge in [-0.3, -0.25) is 34.2 Å². The second-order valence-corrected chi connectivity index (χ2v) is 7.20. The van der Waals surface area contributed by atoms with Crippen molar-refractivity contribution in [2.75, 3.05) is 5.32 Å². The van der Waals surface area contributed by atoms with E-state index in [2.05, 4.69) is 16.0 Å². The second kappa shape index (κ2) is 7.41. The Morgan fingerprint density at radius 1 is 1.14 bits per heavy atom. The molecule has 3 rings (SSSR count). The van der Waals surface area contributed by atoms with Crippen LogP contribution in [0.3, 0.4) is 0 Å². The molecule has 1 aromatic carbocycles. The number of imide groups is 2. The number of nitrogens with one attached hydrogen (secondary N) is 3. The summed E-state index contributed by atoms with van der Waals surface area (Å²) in [7, 11) is 0. The van der Waals surface area contributed by atoms with E-state index in [1.165, 1.54) is 6.07 Å². The lowest BCUT2D eigenvalue weighted by molar-refractivity contribution is -0.136. The molecule has 148 valence electrons. The van der Waals surface area contributed by atoms with Crippen molar-refractivity contribution >= 4 is 35.2 Å². The average Bonchev–Trinajstić information content (AvgIpc) is 2.87. The van der Waals surface area contributed by atoms with E-state index in [4.69, 9.17) is 0 Å². The van der Waals surface area contributed by atoms with Gasteiger partial charge >= 0.3 is 0 Å². The van der Waals surface area contributed by atoms with E-state index in [9.17, 15) is 24.0 Å². The van der Waals surface area contributed by atoms with Crippen LogP contribution in [0.2, 0.25) is 0 Å².